The fourth-order valence-electron chi connectivity index (χ4n) is 3.46. The molecular weight excluding hydrogens is 340 g/mol. The number of fused-ring (bicyclic) bond motifs is 1. The Balaban J connectivity index is 2.13. The van der Waals surface area contributed by atoms with Crippen LogP contribution in [0.25, 0.3) is 17.2 Å². The molecule has 1 aliphatic heterocycles. The molecule has 0 bridgehead atoms. The Labute approximate surface area is 161 Å². The monoisotopic (exact) mass is 362 g/mol. The van der Waals surface area contributed by atoms with Crippen LogP contribution in [0.1, 0.15) is 43.0 Å². The molecule has 0 atom stereocenters. The molecule has 0 radical (unpaired) electrons. The van der Waals surface area contributed by atoms with Crippen molar-refractivity contribution < 1.29 is 0 Å². The van der Waals surface area contributed by atoms with Crippen molar-refractivity contribution in [1.29, 1.82) is 5.26 Å². The summed E-state index contributed by atoms with van der Waals surface area (Å²) in [5.74, 6) is 0. The number of anilines is 1. The normalized spacial score (nSPS) is 16.0. The lowest BCUT2D eigenvalue weighted by Gasteiger charge is -2.41. The van der Waals surface area contributed by atoms with Gasteiger partial charge in [-0.25, -0.2) is 0 Å². The number of rotatable bonds is 2. The summed E-state index contributed by atoms with van der Waals surface area (Å²) in [7, 11) is 2.13. The Morgan fingerprint density at radius 2 is 1.92 bits per heavy atom. The average molecular weight is 363 g/mol. The maximum atomic E-state index is 9.64. The summed E-state index contributed by atoms with van der Waals surface area (Å²) in [6, 6.07) is 14.1. The van der Waals surface area contributed by atoms with Gasteiger partial charge in [0.1, 0.15) is 0 Å². The van der Waals surface area contributed by atoms with E-state index in [0.29, 0.717) is 10.6 Å². The highest BCUT2D eigenvalue weighted by atomic mass is 35.5. The smallest absolute Gasteiger partial charge is 0.0998 e. The molecule has 3 rings (SSSR count). The quantitative estimate of drug-likeness (QED) is 0.460. The molecule has 0 saturated heterocycles. The Hall–Kier alpha value is -2.50. The lowest BCUT2D eigenvalue weighted by molar-refractivity contribution is 0.597. The Bertz CT molecular complexity index is 974. The molecule has 1 heterocycles. The summed E-state index contributed by atoms with van der Waals surface area (Å²) >= 11 is 6.09. The maximum absolute atomic E-state index is 9.64. The number of halogens is 1. The van der Waals surface area contributed by atoms with Gasteiger partial charge >= 0.3 is 0 Å². The van der Waals surface area contributed by atoms with Gasteiger partial charge in [-0.1, -0.05) is 29.8 Å². The third kappa shape index (κ3) is 3.28. The van der Waals surface area contributed by atoms with Gasteiger partial charge in [-0.3, -0.25) is 0 Å². The number of nitriles is 1. The molecule has 2 aromatic rings. The summed E-state index contributed by atoms with van der Waals surface area (Å²) < 4.78 is 0. The van der Waals surface area contributed by atoms with E-state index in [2.05, 4.69) is 63.9 Å². The lowest BCUT2D eigenvalue weighted by Crippen LogP contribution is -2.42. The minimum atomic E-state index is -0.0144. The standard InChI is InChI=1S/C23H23ClN2/c1-15-9-22-21(16(2)13-23(3,4)26(22)5)12-18(15)10-19(14-25)17-7-6-8-20(24)11-17/h6-13H,1-5H3/b19-10+. The molecule has 0 aromatic heterocycles. The molecule has 0 aliphatic carbocycles. The van der Waals surface area contributed by atoms with Gasteiger partial charge in [0.15, 0.2) is 0 Å². The van der Waals surface area contributed by atoms with E-state index in [9.17, 15) is 5.26 Å². The van der Waals surface area contributed by atoms with Crippen LogP contribution >= 0.6 is 11.6 Å². The van der Waals surface area contributed by atoms with E-state index in [0.717, 1.165) is 16.7 Å². The molecule has 1 aliphatic rings. The van der Waals surface area contributed by atoms with Crippen molar-refractivity contribution in [2.75, 3.05) is 11.9 Å². The highest BCUT2D eigenvalue weighted by molar-refractivity contribution is 6.30. The first-order valence-electron chi connectivity index (χ1n) is 8.69. The fraction of sp³-hybridized carbons (Fsp3) is 0.261. The van der Waals surface area contributed by atoms with Crippen LogP contribution < -0.4 is 4.90 Å². The Kier molecular flexibility index (Phi) is 4.69. The van der Waals surface area contributed by atoms with Crippen molar-refractivity contribution in [1.82, 2.24) is 0 Å². The molecule has 2 nitrogen and oxygen atoms in total. The third-order valence-corrected chi connectivity index (χ3v) is 5.40. The van der Waals surface area contributed by atoms with E-state index in [1.807, 2.05) is 30.3 Å². The van der Waals surface area contributed by atoms with E-state index in [1.54, 1.807) is 0 Å². The zero-order valence-corrected chi connectivity index (χ0v) is 16.6. The molecule has 0 unspecified atom stereocenters. The Morgan fingerprint density at radius 3 is 2.58 bits per heavy atom. The summed E-state index contributed by atoms with van der Waals surface area (Å²) in [5.41, 5.74) is 7.35. The summed E-state index contributed by atoms with van der Waals surface area (Å²) in [5, 5.41) is 10.3. The van der Waals surface area contributed by atoms with Crippen LogP contribution in [0, 0.1) is 18.3 Å². The van der Waals surface area contributed by atoms with E-state index in [1.165, 1.54) is 16.8 Å². The van der Waals surface area contributed by atoms with Gasteiger partial charge in [-0.15, -0.1) is 0 Å². The van der Waals surface area contributed by atoms with Gasteiger partial charge in [-0.2, -0.15) is 5.26 Å². The predicted molar refractivity (Wildman–Crippen MR) is 112 cm³/mol. The van der Waals surface area contributed by atoms with Gasteiger partial charge in [0, 0.05) is 23.3 Å². The molecule has 0 spiro atoms. The number of allylic oxidation sites excluding steroid dienone is 2. The van der Waals surface area contributed by atoms with Crippen molar-refractivity contribution in [2.45, 2.75) is 33.2 Å². The molecule has 26 heavy (non-hydrogen) atoms. The van der Waals surface area contributed by atoms with Gasteiger partial charge in [0.25, 0.3) is 0 Å². The van der Waals surface area contributed by atoms with Crippen molar-refractivity contribution in [3.8, 4) is 6.07 Å². The number of nitrogens with zero attached hydrogens (tertiary/aromatic N) is 2. The first-order chi connectivity index (χ1) is 12.2. The first kappa shape index (κ1) is 18.3. The highest BCUT2D eigenvalue weighted by Crippen LogP contribution is 2.39. The minimum absolute atomic E-state index is 0.0144. The average Bonchev–Trinajstić information content (AvgIpc) is 2.58. The Morgan fingerprint density at radius 1 is 1.19 bits per heavy atom. The molecule has 0 N–H and O–H groups in total. The summed E-state index contributed by atoms with van der Waals surface area (Å²) in [6.07, 6.45) is 4.24. The molecule has 132 valence electrons. The number of benzene rings is 2. The lowest BCUT2D eigenvalue weighted by atomic mass is 9.87. The second-order valence-electron chi connectivity index (χ2n) is 7.45. The zero-order valence-electron chi connectivity index (χ0n) is 15.9. The number of hydrogen-bond donors (Lipinski definition) is 0. The van der Waals surface area contributed by atoms with Crippen LogP contribution in [0.5, 0.6) is 0 Å². The molecule has 0 saturated carbocycles. The fourth-order valence-corrected chi connectivity index (χ4v) is 3.66. The van der Waals surface area contributed by atoms with Crippen LogP contribution in [0.3, 0.4) is 0 Å². The van der Waals surface area contributed by atoms with E-state index >= 15 is 0 Å². The highest BCUT2D eigenvalue weighted by Gasteiger charge is 2.28. The van der Waals surface area contributed by atoms with Crippen molar-refractivity contribution in [3.63, 3.8) is 0 Å². The van der Waals surface area contributed by atoms with Crippen LogP contribution in [0.15, 0.2) is 42.5 Å². The first-order valence-corrected chi connectivity index (χ1v) is 9.07. The van der Waals surface area contributed by atoms with Crippen LogP contribution in [-0.4, -0.2) is 12.6 Å². The van der Waals surface area contributed by atoms with Crippen molar-refractivity contribution >= 4 is 34.5 Å². The van der Waals surface area contributed by atoms with Gasteiger partial charge in [0.05, 0.1) is 17.2 Å². The van der Waals surface area contributed by atoms with Crippen molar-refractivity contribution in [2.24, 2.45) is 0 Å². The van der Waals surface area contributed by atoms with E-state index < -0.39 is 0 Å². The maximum Gasteiger partial charge on any atom is 0.0998 e. The number of aryl methyl sites for hydroxylation is 1. The number of hydrogen-bond acceptors (Lipinski definition) is 2. The van der Waals surface area contributed by atoms with Crippen LogP contribution in [0.2, 0.25) is 5.02 Å². The summed E-state index contributed by atoms with van der Waals surface area (Å²) in [4.78, 5) is 2.30. The van der Waals surface area contributed by atoms with Crippen molar-refractivity contribution in [3.05, 3.63) is 69.8 Å². The molecular formula is C23H23ClN2. The zero-order chi connectivity index (χ0) is 19.1. The van der Waals surface area contributed by atoms with Crippen LogP contribution in [0.4, 0.5) is 5.69 Å². The third-order valence-electron chi connectivity index (χ3n) is 5.16. The van der Waals surface area contributed by atoms with Crippen LogP contribution in [-0.2, 0) is 0 Å². The second-order valence-corrected chi connectivity index (χ2v) is 7.88. The summed E-state index contributed by atoms with van der Waals surface area (Å²) in [6.45, 7) is 8.68. The van der Waals surface area contributed by atoms with E-state index in [4.69, 9.17) is 11.6 Å². The largest absolute Gasteiger partial charge is 0.365 e. The molecule has 0 amide bonds. The second kappa shape index (κ2) is 6.67. The minimum Gasteiger partial charge on any atom is -0.365 e. The topological polar surface area (TPSA) is 27.0 Å². The molecule has 0 fully saturated rings. The molecule has 3 heteroatoms. The van der Waals surface area contributed by atoms with Gasteiger partial charge < -0.3 is 4.90 Å². The number of likely N-dealkylation sites (N-methyl/N-ethyl adjacent to an activating group) is 1. The predicted octanol–water partition coefficient (Wildman–Crippen LogP) is 6.34. The van der Waals surface area contributed by atoms with Gasteiger partial charge in [0.2, 0.25) is 0 Å². The van der Waals surface area contributed by atoms with Gasteiger partial charge in [-0.05, 0) is 80.3 Å². The SMILES string of the molecule is CC1=CC(C)(C)N(C)c2cc(C)c(/C=C(\C#N)c3cccc(Cl)c3)cc21. The van der Waals surface area contributed by atoms with E-state index in [-0.39, 0.29) is 5.54 Å². The molecule has 2 aromatic carbocycles.